The molecule has 3 heteroatoms. The molecule has 0 heterocycles. The van der Waals surface area contributed by atoms with Gasteiger partial charge in [-0.2, -0.15) is 0 Å². The molecule has 0 spiro atoms. The molecule has 1 aliphatic rings. The van der Waals surface area contributed by atoms with Crippen LogP contribution in [0, 0.1) is 11.8 Å². The normalized spacial score (nSPS) is 27.7. The zero-order valence-corrected chi connectivity index (χ0v) is 15.0. The highest BCUT2D eigenvalue weighted by atomic mass is 16.3. The second-order valence-corrected chi connectivity index (χ2v) is 7.40. The molecule has 0 aromatic rings. The summed E-state index contributed by atoms with van der Waals surface area (Å²) in [5.74, 6) is 1.40. The summed E-state index contributed by atoms with van der Waals surface area (Å²) in [5.41, 5.74) is -0.0239. The first kappa shape index (κ1) is 18.9. The van der Waals surface area contributed by atoms with Crippen molar-refractivity contribution in [2.24, 2.45) is 11.8 Å². The predicted molar refractivity (Wildman–Crippen MR) is 91.6 cm³/mol. The lowest BCUT2D eigenvalue weighted by atomic mass is 9.84. The second kappa shape index (κ2) is 9.12. The van der Waals surface area contributed by atoms with Gasteiger partial charge >= 0.3 is 0 Å². The highest BCUT2D eigenvalue weighted by Crippen LogP contribution is 2.38. The average molecular weight is 299 g/mol. The van der Waals surface area contributed by atoms with Gasteiger partial charge in [0.2, 0.25) is 0 Å². The molecule has 21 heavy (non-hydrogen) atoms. The van der Waals surface area contributed by atoms with Gasteiger partial charge in [0.05, 0.1) is 6.61 Å². The molecule has 0 aromatic carbocycles. The summed E-state index contributed by atoms with van der Waals surface area (Å²) in [6.07, 6.45) is 6.12. The SMILES string of the molecule is CCC(C)CN(CC)CCC1CCCC1(CO)NC(C)C. The molecule has 1 aliphatic carbocycles. The maximum absolute atomic E-state index is 9.97. The minimum absolute atomic E-state index is 0.0239. The van der Waals surface area contributed by atoms with Crippen molar-refractivity contribution in [2.75, 3.05) is 26.2 Å². The first-order valence-electron chi connectivity index (χ1n) is 9.08. The van der Waals surface area contributed by atoms with Crippen LogP contribution in [0.4, 0.5) is 0 Å². The van der Waals surface area contributed by atoms with Crippen LogP contribution >= 0.6 is 0 Å². The van der Waals surface area contributed by atoms with Crippen molar-refractivity contribution in [3.63, 3.8) is 0 Å². The molecule has 126 valence electrons. The first-order valence-corrected chi connectivity index (χ1v) is 9.08. The molecule has 0 radical (unpaired) electrons. The van der Waals surface area contributed by atoms with Gasteiger partial charge < -0.3 is 15.3 Å². The maximum Gasteiger partial charge on any atom is 0.0616 e. The Kier molecular flexibility index (Phi) is 8.22. The van der Waals surface area contributed by atoms with Gasteiger partial charge in [0.25, 0.3) is 0 Å². The van der Waals surface area contributed by atoms with Crippen LogP contribution in [0.25, 0.3) is 0 Å². The van der Waals surface area contributed by atoms with Crippen molar-refractivity contribution in [1.29, 1.82) is 0 Å². The predicted octanol–water partition coefficient (Wildman–Crippen LogP) is 3.27. The molecule has 0 amide bonds. The van der Waals surface area contributed by atoms with E-state index in [1.54, 1.807) is 0 Å². The molecule has 3 nitrogen and oxygen atoms in total. The summed E-state index contributed by atoms with van der Waals surface area (Å²) in [6, 6.07) is 0.445. The lowest BCUT2D eigenvalue weighted by molar-refractivity contribution is 0.102. The Balaban J connectivity index is 2.54. The average Bonchev–Trinajstić information content (AvgIpc) is 2.85. The van der Waals surface area contributed by atoms with Crippen molar-refractivity contribution in [1.82, 2.24) is 10.2 Å². The van der Waals surface area contributed by atoms with Crippen molar-refractivity contribution < 1.29 is 5.11 Å². The van der Waals surface area contributed by atoms with Crippen molar-refractivity contribution in [2.45, 2.75) is 78.3 Å². The van der Waals surface area contributed by atoms with Crippen molar-refractivity contribution in [3.8, 4) is 0 Å². The smallest absolute Gasteiger partial charge is 0.0616 e. The fourth-order valence-electron chi connectivity index (χ4n) is 3.87. The molecule has 0 aromatic heterocycles. The standard InChI is InChI=1S/C18H38N2O/c1-6-16(5)13-20(7-2)12-10-17-9-8-11-18(17,14-21)19-15(3)4/h15-17,19,21H,6-14H2,1-5H3. The molecule has 3 atom stereocenters. The molecule has 0 bridgehead atoms. The second-order valence-electron chi connectivity index (χ2n) is 7.40. The maximum atomic E-state index is 9.97. The number of rotatable bonds is 10. The fourth-order valence-corrected chi connectivity index (χ4v) is 3.87. The van der Waals surface area contributed by atoms with Crippen LogP contribution in [0.5, 0.6) is 0 Å². The topological polar surface area (TPSA) is 35.5 Å². The molecule has 0 saturated heterocycles. The van der Waals surface area contributed by atoms with Gasteiger partial charge in [-0.1, -0.05) is 47.5 Å². The monoisotopic (exact) mass is 298 g/mol. The van der Waals surface area contributed by atoms with E-state index in [2.05, 4.69) is 44.8 Å². The highest BCUT2D eigenvalue weighted by molar-refractivity contribution is 4.99. The van der Waals surface area contributed by atoms with Crippen molar-refractivity contribution >= 4 is 0 Å². The van der Waals surface area contributed by atoms with E-state index < -0.39 is 0 Å². The van der Waals surface area contributed by atoms with Gasteiger partial charge in [-0.3, -0.25) is 0 Å². The number of aliphatic hydroxyl groups excluding tert-OH is 1. The van der Waals surface area contributed by atoms with Crippen LogP contribution in [0.1, 0.15) is 66.7 Å². The lowest BCUT2D eigenvalue weighted by Gasteiger charge is -2.38. The number of aliphatic hydroxyl groups is 1. The zero-order valence-electron chi connectivity index (χ0n) is 15.0. The van der Waals surface area contributed by atoms with E-state index in [4.69, 9.17) is 0 Å². The quantitative estimate of drug-likeness (QED) is 0.650. The molecular weight excluding hydrogens is 260 g/mol. The third kappa shape index (κ3) is 5.54. The lowest BCUT2D eigenvalue weighted by Crippen LogP contribution is -2.54. The van der Waals surface area contributed by atoms with Crippen LogP contribution < -0.4 is 5.32 Å². The first-order chi connectivity index (χ1) is 9.97. The van der Waals surface area contributed by atoms with Crippen LogP contribution in [0.3, 0.4) is 0 Å². The molecule has 1 rings (SSSR count). The third-order valence-corrected chi connectivity index (χ3v) is 5.32. The molecule has 2 N–H and O–H groups in total. The van der Waals surface area contributed by atoms with E-state index in [1.165, 1.54) is 38.8 Å². The Labute approximate surface area is 132 Å². The number of hydrogen-bond donors (Lipinski definition) is 2. The Bertz CT molecular complexity index is 282. The Morgan fingerprint density at radius 1 is 1.29 bits per heavy atom. The highest BCUT2D eigenvalue weighted by Gasteiger charge is 2.42. The largest absolute Gasteiger partial charge is 0.394 e. The minimum atomic E-state index is -0.0239. The van der Waals surface area contributed by atoms with Crippen LogP contribution in [0.2, 0.25) is 0 Å². The van der Waals surface area contributed by atoms with Gasteiger partial charge in [-0.15, -0.1) is 0 Å². The summed E-state index contributed by atoms with van der Waals surface area (Å²) in [4.78, 5) is 2.59. The summed E-state index contributed by atoms with van der Waals surface area (Å²) in [5, 5.41) is 13.6. The summed E-state index contributed by atoms with van der Waals surface area (Å²) in [7, 11) is 0. The Morgan fingerprint density at radius 2 is 2.00 bits per heavy atom. The Hall–Kier alpha value is -0.120. The molecule has 3 unspecified atom stereocenters. The molecule has 1 fully saturated rings. The molecular formula is C18H38N2O. The summed E-state index contributed by atoms with van der Waals surface area (Å²) < 4.78 is 0. The third-order valence-electron chi connectivity index (χ3n) is 5.32. The minimum Gasteiger partial charge on any atom is -0.394 e. The van der Waals surface area contributed by atoms with E-state index >= 15 is 0 Å². The number of nitrogens with zero attached hydrogens (tertiary/aromatic N) is 1. The summed E-state index contributed by atoms with van der Waals surface area (Å²) in [6.45, 7) is 15.1. The summed E-state index contributed by atoms with van der Waals surface area (Å²) >= 11 is 0. The number of hydrogen-bond acceptors (Lipinski definition) is 3. The van der Waals surface area contributed by atoms with Gasteiger partial charge in [0, 0.05) is 18.1 Å². The van der Waals surface area contributed by atoms with E-state index in [9.17, 15) is 5.11 Å². The Morgan fingerprint density at radius 3 is 2.52 bits per heavy atom. The van der Waals surface area contributed by atoms with Gasteiger partial charge in [0.1, 0.15) is 0 Å². The van der Waals surface area contributed by atoms with E-state index in [1.807, 2.05) is 0 Å². The van der Waals surface area contributed by atoms with Gasteiger partial charge in [-0.05, 0) is 44.2 Å². The van der Waals surface area contributed by atoms with E-state index in [0.717, 1.165) is 18.9 Å². The fraction of sp³-hybridized carbons (Fsp3) is 1.00. The van der Waals surface area contributed by atoms with E-state index in [-0.39, 0.29) is 12.1 Å². The van der Waals surface area contributed by atoms with Crippen molar-refractivity contribution in [3.05, 3.63) is 0 Å². The molecule has 0 aliphatic heterocycles. The molecule has 1 saturated carbocycles. The van der Waals surface area contributed by atoms with Gasteiger partial charge in [-0.25, -0.2) is 0 Å². The number of nitrogens with one attached hydrogen (secondary N) is 1. The van der Waals surface area contributed by atoms with Crippen LogP contribution in [-0.2, 0) is 0 Å². The van der Waals surface area contributed by atoms with E-state index in [0.29, 0.717) is 12.0 Å². The van der Waals surface area contributed by atoms with Gasteiger partial charge in [0.15, 0.2) is 0 Å². The van der Waals surface area contributed by atoms with Crippen LogP contribution in [-0.4, -0.2) is 47.8 Å². The van der Waals surface area contributed by atoms with Crippen LogP contribution in [0.15, 0.2) is 0 Å². The zero-order chi connectivity index (χ0) is 15.9.